The summed E-state index contributed by atoms with van der Waals surface area (Å²) in [5.74, 6) is -0.142. The Hall–Kier alpha value is -4.71. The molecule has 1 aliphatic heterocycles. The maximum Gasteiger partial charge on any atom is 0.385 e. The van der Waals surface area contributed by atoms with E-state index in [1.165, 1.54) is 22.5 Å². The number of alkyl halides is 1. The van der Waals surface area contributed by atoms with Crippen LogP contribution in [0, 0.1) is 13.8 Å². The molecule has 0 radical (unpaired) electrons. The molecular formula is C36H35ClN4O6S. The van der Waals surface area contributed by atoms with Crippen LogP contribution in [0.4, 0.5) is 0 Å². The van der Waals surface area contributed by atoms with Gasteiger partial charge in [-0.3, -0.25) is 4.79 Å². The average Bonchev–Trinajstić information content (AvgIpc) is 3.48. The van der Waals surface area contributed by atoms with Crippen molar-refractivity contribution in [2.45, 2.75) is 52.1 Å². The first kappa shape index (κ1) is 33.2. The van der Waals surface area contributed by atoms with E-state index in [0.29, 0.717) is 17.0 Å². The molecule has 1 N–H and O–H groups in total. The normalized spacial score (nSPS) is 14.9. The lowest BCUT2D eigenvalue weighted by molar-refractivity contribution is -0.143. The third-order valence-electron chi connectivity index (χ3n) is 8.61. The molecule has 6 rings (SSSR count). The molecule has 0 saturated carbocycles. The summed E-state index contributed by atoms with van der Waals surface area (Å²) in [5, 5.41) is 18.8. The van der Waals surface area contributed by atoms with Gasteiger partial charge in [0.1, 0.15) is 17.0 Å². The number of carbonyl (C=O) groups excluding carboxylic acids is 1. The molecule has 5 aromatic rings. The number of phenols is 1. The molecule has 1 atom stereocenters. The molecule has 48 heavy (non-hydrogen) atoms. The fraction of sp³-hybridized carbons (Fsp3) is 0.250. The lowest BCUT2D eigenvalue weighted by atomic mass is 9.84. The lowest BCUT2D eigenvalue weighted by Gasteiger charge is -2.28. The van der Waals surface area contributed by atoms with Crippen molar-refractivity contribution in [1.82, 2.24) is 19.3 Å². The van der Waals surface area contributed by atoms with Gasteiger partial charge in [-0.25, -0.2) is 4.68 Å². The summed E-state index contributed by atoms with van der Waals surface area (Å²) in [7, 11) is -4.08. The summed E-state index contributed by atoms with van der Waals surface area (Å²) in [5.41, 5.74) is 8.26. The van der Waals surface area contributed by atoms with Crippen LogP contribution >= 0.6 is 11.6 Å². The molecule has 0 saturated heterocycles. The van der Waals surface area contributed by atoms with Gasteiger partial charge in [0.15, 0.2) is 0 Å². The molecule has 2 heterocycles. The topological polar surface area (TPSA) is 124 Å². The number of rotatable bonds is 10. The third-order valence-corrected chi connectivity index (χ3v) is 10.2. The van der Waals surface area contributed by atoms with E-state index in [1.54, 1.807) is 11.6 Å². The van der Waals surface area contributed by atoms with E-state index in [1.807, 2.05) is 80.7 Å². The number of hydrogen-bond acceptors (Lipinski definition) is 8. The van der Waals surface area contributed by atoms with Crippen molar-refractivity contribution in [2.75, 3.05) is 6.61 Å². The zero-order chi connectivity index (χ0) is 34.0. The molecule has 4 aromatic carbocycles. The highest BCUT2D eigenvalue weighted by atomic mass is 35.5. The van der Waals surface area contributed by atoms with Crippen LogP contribution in [-0.2, 0) is 38.8 Å². The standard InChI is InChI=1S/C36H35ClN4O6S/c1-4-46-35(43)19-32(31-12-13-33-36(24(31)3)38-39-41(33)16-15-25-7-5-6-8-27(25)20-37)26-10-9-23(2)28(17-26)21-40-22-29-18-30(42)11-14-34(29)47-48(40,44)45/h5-18,32,42H,4,19-22H2,1-3H3/b16-15+. The Balaban J connectivity index is 1.35. The predicted octanol–water partition coefficient (Wildman–Crippen LogP) is 6.84. The molecule has 1 aromatic heterocycles. The molecule has 0 spiro atoms. The maximum absolute atomic E-state index is 13.1. The van der Waals surface area contributed by atoms with Crippen molar-refractivity contribution >= 4 is 51.2 Å². The van der Waals surface area contributed by atoms with Gasteiger partial charge in [0, 0.05) is 36.7 Å². The Morgan fingerprint density at radius 2 is 1.90 bits per heavy atom. The fourth-order valence-electron chi connectivity index (χ4n) is 6.01. The molecule has 12 heteroatoms. The van der Waals surface area contributed by atoms with Gasteiger partial charge >= 0.3 is 16.3 Å². The van der Waals surface area contributed by atoms with Crippen LogP contribution in [0.15, 0.2) is 72.8 Å². The summed E-state index contributed by atoms with van der Waals surface area (Å²) in [6.07, 6.45) is 3.87. The van der Waals surface area contributed by atoms with Crippen molar-refractivity contribution in [1.29, 1.82) is 0 Å². The number of fused-ring (bicyclic) bond motifs is 2. The van der Waals surface area contributed by atoms with E-state index in [2.05, 4.69) is 10.3 Å². The number of aromatic nitrogens is 3. The molecule has 1 aliphatic rings. The fourth-order valence-corrected chi connectivity index (χ4v) is 7.35. The van der Waals surface area contributed by atoms with Gasteiger partial charge < -0.3 is 14.0 Å². The third kappa shape index (κ3) is 6.80. The van der Waals surface area contributed by atoms with Gasteiger partial charge in [0.2, 0.25) is 0 Å². The van der Waals surface area contributed by atoms with E-state index < -0.39 is 16.2 Å². The number of nitrogens with zero attached hydrogens (tertiary/aromatic N) is 4. The van der Waals surface area contributed by atoms with Crippen molar-refractivity contribution in [3.63, 3.8) is 0 Å². The Labute approximate surface area is 284 Å². The van der Waals surface area contributed by atoms with Gasteiger partial charge in [0.05, 0.1) is 18.5 Å². The van der Waals surface area contributed by atoms with E-state index in [4.69, 9.17) is 20.5 Å². The molecule has 0 bridgehead atoms. The van der Waals surface area contributed by atoms with Gasteiger partial charge in [0.25, 0.3) is 0 Å². The van der Waals surface area contributed by atoms with E-state index >= 15 is 0 Å². The molecule has 0 fully saturated rings. The van der Waals surface area contributed by atoms with Crippen LogP contribution in [0.2, 0.25) is 0 Å². The molecule has 1 unspecified atom stereocenters. The molecule has 10 nitrogen and oxygen atoms in total. The van der Waals surface area contributed by atoms with Crippen LogP contribution in [-0.4, -0.2) is 45.4 Å². The number of benzene rings is 4. The molecule has 248 valence electrons. The smallest absolute Gasteiger partial charge is 0.385 e. The van der Waals surface area contributed by atoms with Crippen LogP contribution in [0.25, 0.3) is 23.3 Å². The van der Waals surface area contributed by atoms with E-state index in [9.17, 15) is 18.3 Å². The largest absolute Gasteiger partial charge is 0.508 e. The van der Waals surface area contributed by atoms with Gasteiger partial charge in [-0.15, -0.1) is 16.7 Å². The molecule has 0 amide bonds. The zero-order valence-corrected chi connectivity index (χ0v) is 28.3. The summed E-state index contributed by atoms with van der Waals surface area (Å²) in [6.45, 7) is 5.96. The lowest BCUT2D eigenvalue weighted by Crippen LogP contribution is -2.37. The number of halogens is 1. The Morgan fingerprint density at radius 1 is 1.08 bits per heavy atom. The number of esters is 1. The minimum Gasteiger partial charge on any atom is -0.508 e. The van der Waals surface area contributed by atoms with Gasteiger partial charge in [-0.2, -0.15) is 12.7 Å². The van der Waals surface area contributed by atoms with Crippen LogP contribution in [0.3, 0.4) is 0 Å². The summed E-state index contributed by atoms with van der Waals surface area (Å²) >= 11 is 6.12. The highest BCUT2D eigenvalue weighted by Gasteiger charge is 2.32. The van der Waals surface area contributed by atoms with Crippen LogP contribution < -0.4 is 4.18 Å². The first-order valence-corrected chi connectivity index (χ1v) is 17.4. The second kappa shape index (κ2) is 13.8. The Kier molecular flexibility index (Phi) is 9.54. The number of aromatic hydroxyl groups is 1. The number of carbonyl (C=O) groups is 1. The highest BCUT2D eigenvalue weighted by Crippen LogP contribution is 2.36. The van der Waals surface area contributed by atoms with Crippen LogP contribution in [0.5, 0.6) is 11.5 Å². The molecular weight excluding hydrogens is 652 g/mol. The van der Waals surface area contributed by atoms with Crippen LogP contribution in [0.1, 0.15) is 63.8 Å². The first-order chi connectivity index (χ1) is 23.1. The second-order valence-electron chi connectivity index (χ2n) is 11.7. The number of aryl methyl sites for hydroxylation is 2. The maximum atomic E-state index is 13.1. The quantitative estimate of drug-likeness (QED) is 0.125. The first-order valence-electron chi connectivity index (χ1n) is 15.5. The van der Waals surface area contributed by atoms with Crippen molar-refractivity contribution in [3.05, 3.63) is 117 Å². The van der Waals surface area contributed by atoms with Crippen molar-refractivity contribution in [3.8, 4) is 11.5 Å². The summed E-state index contributed by atoms with van der Waals surface area (Å²) in [4.78, 5) is 13.0. The van der Waals surface area contributed by atoms with Crippen molar-refractivity contribution in [2.24, 2.45) is 0 Å². The average molecular weight is 687 g/mol. The Bertz CT molecular complexity index is 2150. The molecule has 0 aliphatic carbocycles. The second-order valence-corrected chi connectivity index (χ2v) is 13.5. The number of hydrogen-bond donors (Lipinski definition) is 1. The minimum atomic E-state index is -4.08. The SMILES string of the molecule is CCOC(=O)CC(c1ccc(C)c(CN2Cc3cc(O)ccc3OS2(=O)=O)c1)c1ccc2c(nnn2/C=C/c2ccccc2CCl)c1C. The predicted molar refractivity (Wildman–Crippen MR) is 185 cm³/mol. The Morgan fingerprint density at radius 3 is 2.69 bits per heavy atom. The van der Waals surface area contributed by atoms with Crippen molar-refractivity contribution < 1.29 is 27.2 Å². The summed E-state index contributed by atoms with van der Waals surface area (Å²) in [6, 6.07) is 21.9. The highest BCUT2D eigenvalue weighted by molar-refractivity contribution is 7.84. The zero-order valence-electron chi connectivity index (χ0n) is 26.8. The van der Waals surface area contributed by atoms with Gasteiger partial charge in [-0.1, -0.05) is 53.7 Å². The number of phenolic OH excluding ortho intramolecular Hbond substituents is 1. The van der Waals surface area contributed by atoms with Gasteiger partial charge in [-0.05, 0) is 90.1 Å². The van der Waals surface area contributed by atoms with E-state index in [-0.39, 0.29) is 43.6 Å². The summed E-state index contributed by atoms with van der Waals surface area (Å²) < 4.78 is 39.8. The number of ether oxygens (including phenoxy) is 1. The minimum absolute atomic E-state index is 0.0247. The monoisotopic (exact) mass is 686 g/mol. The van der Waals surface area contributed by atoms with E-state index in [0.717, 1.165) is 44.5 Å².